The van der Waals surface area contributed by atoms with E-state index in [1.807, 2.05) is 25.1 Å². The van der Waals surface area contributed by atoms with E-state index < -0.39 is 0 Å². The Morgan fingerprint density at radius 1 is 1.43 bits per heavy atom. The lowest BCUT2D eigenvalue weighted by Crippen LogP contribution is -2.42. The summed E-state index contributed by atoms with van der Waals surface area (Å²) in [6.45, 7) is 5.16. The zero-order chi connectivity index (χ0) is 15.2. The van der Waals surface area contributed by atoms with E-state index in [0.717, 1.165) is 43.2 Å². The summed E-state index contributed by atoms with van der Waals surface area (Å²) < 4.78 is 17.0. The van der Waals surface area contributed by atoms with Crippen molar-refractivity contribution in [2.75, 3.05) is 40.5 Å². The summed E-state index contributed by atoms with van der Waals surface area (Å²) in [6, 6.07) is 6.11. The molecule has 1 aliphatic rings. The van der Waals surface area contributed by atoms with Gasteiger partial charge in [0.15, 0.2) is 11.5 Å². The fourth-order valence-corrected chi connectivity index (χ4v) is 2.48. The summed E-state index contributed by atoms with van der Waals surface area (Å²) >= 11 is 0. The minimum absolute atomic E-state index is 0.109. The van der Waals surface area contributed by atoms with Crippen LogP contribution in [0.2, 0.25) is 0 Å². The van der Waals surface area contributed by atoms with Crippen LogP contribution in [0.15, 0.2) is 18.2 Å². The SMILES string of the molecule is COc1cc(CC(C)N)ccc1OCC1CN(C)CCO1. The molecule has 21 heavy (non-hydrogen) atoms. The average molecular weight is 294 g/mol. The molecule has 5 heteroatoms. The van der Waals surface area contributed by atoms with Crippen molar-refractivity contribution in [3.8, 4) is 11.5 Å². The molecule has 1 aromatic rings. The lowest BCUT2D eigenvalue weighted by molar-refractivity contribution is -0.0406. The first-order chi connectivity index (χ1) is 10.1. The first-order valence-electron chi connectivity index (χ1n) is 7.44. The van der Waals surface area contributed by atoms with Crippen LogP contribution in [-0.4, -0.2) is 57.5 Å². The van der Waals surface area contributed by atoms with Crippen LogP contribution < -0.4 is 15.2 Å². The Balaban J connectivity index is 1.95. The molecule has 0 aromatic heterocycles. The summed E-state index contributed by atoms with van der Waals surface area (Å²) in [7, 11) is 3.75. The van der Waals surface area contributed by atoms with E-state index in [4.69, 9.17) is 19.9 Å². The maximum Gasteiger partial charge on any atom is 0.161 e. The number of morpholine rings is 1. The minimum Gasteiger partial charge on any atom is -0.493 e. The molecule has 1 aromatic carbocycles. The Hall–Kier alpha value is -1.30. The van der Waals surface area contributed by atoms with E-state index in [1.54, 1.807) is 7.11 Å². The van der Waals surface area contributed by atoms with E-state index >= 15 is 0 Å². The van der Waals surface area contributed by atoms with Crippen LogP contribution >= 0.6 is 0 Å². The molecular formula is C16H26N2O3. The van der Waals surface area contributed by atoms with E-state index in [-0.39, 0.29) is 12.1 Å². The largest absolute Gasteiger partial charge is 0.493 e. The Bertz CT molecular complexity index is 451. The lowest BCUT2D eigenvalue weighted by atomic mass is 10.1. The van der Waals surface area contributed by atoms with Gasteiger partial charge in [-0.2, -0.15) is 0 Å². The smallest absolute Gasteiger partial charge is 0.161 e. The first-order valence-corrected chi connectivity index (χ1v) is 7.44. The van der Waals surface area contributed by atoms with Gasteiger partial charge in [-0.1, -0.05) is 6.07 Å². The molecule has 2 rings (SSSR count). The minimum atomic E-state index is 0.109. The van der Waals surface area contributed by atoms with Gasteiger partial charge in [0.2, 0.25) is 0 Å². The number of nitrogens with zero attached hydrogens (tertiary/aromatic N) is 1. The van der Waals surface area contributed by atoms with Crippen LogP contribution in [0.5, 0.6) is 11.5 Å². The second-order valence-corrected chi connectivity index (χ2v) is 5.73. The molecule has 0 bridgehead atoms. The Morgan fingerprint density at radius 3 is 2.90 bits per heavy atom. The topological polar surface area (TPSA) is 57.0 Å². The normalized spacial score (nSPS) is 21.0. The van der Waals surface area contributed by atoms with Crippen molar-refractivity contribution in [2.45, 2.75) is 25.5 Å². The molecule has 1 saturated heterocycles. The second-order valence-electron chi connectivity index (χ2n) is 5.73. The van der Waals surface area contributed by atoms with Gasteiger partial charge in [-0.25, -0.2) is 0 Å². The molecule has 5 nitrogen and oxygen atoms in total. The molecule has 0 saturated carbocycles. The molecule has 0 amide bonds. The molecule has 1 fully saturated rings. The van der Waals surface area contributed by atoms with Crippen molar-refractivity contribution in [3.05, 3.63) is 23.8 Å². The highest BCUT2D eigenvalue weighted by Gasteiger charge is 2.19. The molecule has 0 spiro atoms. The number of hydrogen-bond acceptors (Lipinski definition) is 5. The van der Waals surface area contributed by atoms with Gasteiger partial charge >= 0.3 is 0 Å². The standard InChI is InChI=1S/C16H26N2O3/c1-12(17)8-13-4-5-15(16(9-13)19-3)21-11-14-10-18(2)6-7-20-14/h4-5,9,12,14H,6-8,10-11,17H2,1-3H3. The van der Waals surface area contributed by atoms with Crippen LogP contribution in [0, 0.1) is 0 Å². The third-order valence-corrected chi connectivity index (χ3v) is 3.55. The highest BCUT2D eigenvalue weighted by Crippen LogP contribution is 2.28. The number of ether oxygens (including phenoxy) is 3. The zero-order valence-electron chi connectivity index (χ0n) is 13.2. The molecule has 0 radical (unpaired) electrons. The van der Waals surface area contributed by atoms with Crippen molar-refractivity contribution in [2.24, 2.45) is 5.73 Å². The molecular weight excluding hydrogens is 268 g/mol. The third kappa shape index (κ3) is 4.88. The summed E-state index contributed by atoms with van der Waals surface area (Å²) in [5.41, 5.74) is 6.99. The summed E-state index contributed by atoms with van der Waals surface area (Å²) in [6.07, 6.45) is 0.935. The van der Waals surface area contributed by atoms with E-state index in [9.17, 15) is 0 Å². The molecule has 2 N–H and O–H groups in total. The molecule has 1 aliphatic heterocycles. The van der Waals surface area contributed by atoms with Gasteiger partial charge in [0, 0.05) is 19.1 Å². The van der Waals surface area contributed by atoms with Gasteiger partial charge in [0.25, 0.3) is 0 Å². The number of rotatable bonds is 6. The fraction of sp³-hybridized carbons (Fsp3) is 0.625. The summed E-state index contributed by atoms with van der Waals surface area (Å²) in [4.78, 5) is 2.25. The Labute approximate surface area is 127 Å². The van der Waals surface area contributed by atoms with Crippen LogP contribution in [0.1, 0.15) is 12.5 Å². The zero-order valence-corrected chi connectivity index (χ0v) is 13.2. The predicted molar refractivity (Wildman–Crippen MR) is 83.1 cm³/mol. The van der Waals surface area contributed by atoms with Gasteiger partial charge in [0.1, 0.15) is 12.7 Å². The van der Waals surface area contributed by atoms with E-state index in [1.165, 1.54) is 0 Å². The van der Waals surface area contributed by atoms with Crippen molar-refractivity contribution in [1.29, 1.82) is 0 Å². The van der Waals surface area contributed by atoms with E-state index in [0.29, 0.717) is 6.61 Å². The van der Waals surface area contributed by atoms with Crippen molar-refractivity contribution in [1.82, 2.24) is 4.90 Å². The van der Waals surface area contributed by atoms with Gasteiger partial charge in [-0.05, 0) is 38.1 Å². The summed E-state index contributed by atoms with van der Waals surface area (Å²) in [5, 5.41) is 0. The molecule has 2 atom stereocenters. The lowest BCUT2D eigenvalue weighted by Gasteiger charge is -2.30. The first kappa shape index (κ1) is 16.1. The van der Waals surface area contributed by atoms with Crippen LogP contribution in [0.25, 0.3) is 0 Å². The van der Waals surface area contributed by atoms with E-state index in [2.05, 4.69) is 11.9 Å². The highest BCUT2D eigenvalue weighted by molar-refractivity contribution is 5.43. The highest BCUT2D eigenvalue weighted by atomic mass is 16.5. The van der Waals surface area contributed by atoms with Crippen molar-refractivity contribution in [3.63, 3.8) is 0 Å². The third-order valence-electron chi connectivity index (χ3n) is 3.55. The molecule has 118 valence electrons. The second kappa shape index (κ2) is 7.64. The summed E-state index contributed by atoms with van der Waals surface area (Å²) in [5.74, 6) is 1.50. The number of methoxy groups -OCH3 is 1. The quantitative estimate of drug-likeness (QED) is 0.857. The van der Waals surface area contributed by atoms with Crippen LogP contribution in [0.3, 0.4) is 0 Å². The molecule has 1 heterocycles. The number of hydrogen-bond donors (Lipinski definition) is 1. The molecule has 0 aliphatic carbocycles. The number of likely N-dealkylation sites (N-methyl/N-ethyl adjacent to an activating group) is 1. The molecule has 2 unspecified atom stereocenters. The Kier molecular flexibility index (Phi) is 5.85. The van der Waals surface area contributed by atoms with Crippen molar-refractivity contribution >= 4 is 0 Å². The monoisotopic (exact) mass is 294 g/mol. The Morgan fingerprint density at radius 2 is 2.24 bits per heavy atom. The fourth-order valence-electron chi connectivity index (χ4n) is 2.48. The predicted octanol–water partition coefficient (Wildman–Crippen LogP) is 1.29. The van der Waals surface area contributed by atoms with Crippen LogP contribution in [-0.2, 0) is 11.2 Å². The van der Waals surface area contributed by atoms with Gasteiger partial charge in [-0.3, -0.25) is 0 Å². The van der Waals surface area contributed by atoms with Crippen LogP contribution in [0.4, 0.5) is 0 Å². The van der Waals surface area contributed by atoms with Gasteiger partial charge in [-0.15, -0.1) is 0 Å². The average Bonchev–Trinajstić information content (AvgIpc) is 2.45. The maximum atomic E-state index is 5.87. The number of nitrogens with two attached hydrogens (primary N) is 1. The van der Waals surface area contributed by atoms with Crippen molar-refractivity contribution < 1.29 is 14.2 Å². The van der Waals surface area contributed by atoms with Gasteiger partial charge < -0.3 is 24.8 Å². The maximum absolute atomic E-state index is 5.87. The number of benzene rings is 1. The van der Waals surface area contributed by atoms with Gasteiger partial charge in [0.05, 0.1) is 13.7 Å².